The van der Waals surface area contributed by atoms with Crippen LogP contribution in [0.1, 0.15) is 13.8 Å². The zero-order valence-electron chi connectivity index (χ0n) is 7.40. The van der Waals surface area contributed by atoms with Gasteiger partial charge in [-0.3, -0.25) is 4.79 Å². The van der Waals surface area contributed by atoms with Crippen molar-refractivity contribution in [3.63, 3.8) is 0 Å². The van der Waals surface area contributed by atoms with Gasteiger partial charge in [0.15, 0.2) is 0 Å². The molecule has 0 aromatic heterocycles. The Kier molecular flexibility index (Phi) is 2.41. The van der Waals surface area contributed by atoms with Crippen molar-refractivity contribution >= 4 is 30.0 Å². The fourth-order valence-corrected chi connectivity index (χ4v) is 0.958. The smallest absolute Gasteiger partial charge is 0.382 e. The Bertz CT molecular complexity index is 277. The summed E-state index contributed by atoms with van der Waals surface area (Å²) in [5.74, 6) is -3.75. The molecule has 0 amide bonds. The molecule has 1 fully saturated rings. The first-order valence-corrected chi connectivity index (χ1v) is 3.97. The molecule has 0 bridgehead atoms. The number of halogens is 1. The van der Waals surface area contributed by atoms with Gasteiger partial charge in [0, 0.05) is 13.8 Å². The summed E-state index contributed by atoms with van der Waals surface area (Å²) < 4.78 is 13.4. The molecule has 7 heteroatoms. The number of alkyl halides is 1. The molecule has 0 N–H and O–H groups in total. The Hall–Kier alpha value is -1.30. The standard InChI is InChI=1S/C7H7ClO6/c1-6(2)13-4(10)7(8,12-3-9)5(11)14-6/h3H,1-2H3. The maximum Gasteiger partial charge on any atom is 0.382 e. The van der Waals surface area contributed by atoms with Crippen molar-refractivity contribution in [2.24, 2.45) is 0 Å². The second kappa shape index (κ2) is 3.13. The van der Waals surface area contributed by atoms with Crippen LogP contribution >= 0.6 is 11.6 Å². The topological polar surface area (TPSA) is 78.9 Å². The minimum absolute atomic E-state index is 0.131. The van der Waals surface area contributed by atoms with Crippen molar-refractivity contribution in [1.82, 2.24) is 0 Å². The van der Waals surface area contributed by atoms with Gasteiger partial charge < -0.3 is 14.2 Å². The molecule has 0 atom stereocenters. The molecular formula is C7H7ClO6. The van der Waals surface area contributed by atoms with Crippen LogP contribution in [0.3, 0.4) is 0 Å². The van der Waals surface area contributed by atoms with Crippen LogP contribution in [0.4, 0.5) is 0 Å². The van der Waals surface area contributed by atoms with E-state index in [9.17, 15) is 14.4 Å². The molecule has 78 valence electrons. The molecule has 1 heterocycles. The van der Waals surface area contributed by atoms with Gasteiger partial charge in [-0.1, -0.05) is 11.6 Å². The van der Waals surface area contributed by atoms with Crippen LogP contribution in [0.2, 0.25) is 0 Å². The maximum absolute atomic E-state index is 11.2. The number of hydrogen-bond acceptors (Lipinski definition) is 6. The monoisotopic (exact) mass is 222 g/mol. The van der Waals surface area contributed by atoms with Crippen molar-refractivity contribution in [1.29, 1.82) is 0 Å². The van der Waals surface area contributed by atoms with E-state index in [4.69, 9.17) is 11.6 Å². The summed E-state index contributed by atoms with van der Waals surface area (Å²) >= 11 is 5.40. The minimum Gasteiger partial charge on any atom is -0.424 e. The van der Waals surface area contributed by atoms with E-state index in [1.807, 2.05) is 0 Å². The molecule has 0 aromatic carbocycles. The van der Waals surface area contributed by atoms with Gasteiger partial charge in [0.05, 0.1) is 0 Å². The Morgan fingerprint density at radius 3 is 2.07 bits per heavy atom. The molecule has 0 saturated carbocycles. The van der Waals surface area contributed by atoms with Crippen LogP contribution in [0.25, 0.3) is 0 Å². The summed E-state index contributed by atoms with van der Waals surface area (Å²) in [5, 5.41) is -2.52. The fraction of sp³-hybridized carbons (Fsp3) is 0.571. The van der Waals surface area contributed by atoms with E-state index >= 15 is 0 Å². The SMILES string of the molecule is CC1(C)OC(=O)C(Cl)(OC=O)C(=O)O1. The predicted molar refractivity (Wildman–Crippen MR) is 42.0 cm³/mol. The van der Waals surface area contributed by atoms with E-state index in [0.717, 1.165) is 0 Å². The maximum atomic E-state index is 11.2. The summed E-state index contributed by atoms with van der Waals surface area (Å²) in [7, 11) is 0. The third kappa shape index (κ3) is 1.65. The van der Waals surface area contributed by atoms with E-state index in [-0.39, 0.29) is 6.47 Å². The Morgan fingerprint density at radius 2 is 1.71 bits per heavy atom. The van der Waals surface area contributed by atoms with Gasteiger partial charge in [-0.2, -0.15) is 0 Å². The van der Waals surface area contributed by atoms with Crippen molar-refractivity contribution < 1.29 is 28.6 Å². The Labute approximate surface area is 84.1 Å². The lowest BCUT2D eigenvalue weighted by atomic mass is 10.2. The number of cyclic esters (lactones) is 2. The molecule has 0 spiro atoms. The first-order valence-electron chi connectivity index (χ1n) is 3.59. The van der Waals surface area contributed by atoms with Gasteiger partial charge in [0.25, 0.3) is 12.3 Å². The molecule has 6 nitrogen and oxygen atoms in total. The highest BCUT2D eigenvalue weighted by Gasteiger charge is 2.58. The zero-order valence-corrected chi connectivity index (χ0v) is 8.16. The lowest BCUT2D eigenvalue weighted by Crippen LogP contribution is -2.56. The average Bonchev–Trinajstić information content (AvgIpc) is 2.00. The van der Waals surface area contributed by atoms with Gasteiger partial charge in [0.1, 0.15) is 0 Å². The Morgan fingerprint density at radius 1 is 1.29 bits per heavy atom. The summed E-state index contributed by atoms with van der Waals surface area (Å²) in [4.78, 5) is 32.4. The van der Waals surface area contributed by atoms with Crippen molar-refractivity contribution in [3.05, 3.63) is 0 Å². The highest BCUT2D eigenvalue weighted by Crippen LogP contribution is 2.31. The fourth-order valence-electron chi connectivity index (χ4n) is 0.844. The van der Waals surface area contributed by atoms with Gasteiger partial charge in [0.2, 0.25) is 0 Å². The van der Waals surface area contributed by atoms with E-state index in [0.29, 0.717) is 0 Å². The molecule has 1 aliphatic rings. The Balaban J connectivity index is 2.96. The lowest BCUT2D eigenvalue weighted by molar-refractivity contribution is -0.252. The molecule has 1 saturated heterocycles. The highest BCUT2D eigenvalue weighted by atomic mass is 35.5. The normalized spacial score (nSPS) is 23.4. The third-order valence-corrected chi connectivity index (χ3v) is 1.81. The molecular weight excluding hydrogens is 216 g/mol. The van der Waals surface area contributed by atoms with Crippen LogP contribution in [0.5, 0.6) is 0 Å². The van der Waals surface area contributed by atoms with E-state index in [1.54, 1.807) is 0 Å². The van der Waals surface area contributed by atoms with Gasteiger partial charge in [-0.25, -0.2) is 9.59 Å². The first kappa shape index (κ1) is 10.8. The molecule has 0 radical (unpaired) electrons. The minimum atomic E-state index is -2.52. The summed E-state index contributed by atoms with van der Waals surface area (Å²) in [6.45, 7) is 2.56. The van der Waals surface area contributed by atoms with Crippen molar-refractivity contribution in [3.8, 4) is 0 Å². The number of rotatable bonds is 2. The number of ether oxygens (including phenoxy) is 3. The summed E-state index contributed by atoms with van der Waals surface area (Å²) in [6, 6.07) is 0. The molecule has 1 rings (SSSR count). The first-order chi connectivity index (χ1) is 6.32. The zero-order chi connectivity index (χ0) is 11.0. The number of esters is 2. The van der Waals surface area contributed by atoms with E-state index in [2.05, 4.69) is 14.2 Å². The summed E-state index contributed by atoms with van der Waals surface area (Å²) in [5.41, 5.74) is 0. The van der Waals surface area contributed by atoms with Gasteiger partial charge >= 0.3 is 17.0 Å². The van der Waals surface area contributed by atoms with E-state index in [1.165, 1.54) is 13.8 Å². The second-order valence-electron chi connectivity index (χ2n) is 2.99. The van der Waals surface area contributed by atoms with Crippen molar-refractivity contribution in [2.45, 2.75) is 24.7 Å². The number of carbonyl (C=O) groups is 3. The summed E-state index contributed by atoms with van der Waals surface area (Å²) in [6.07, 6.45) is 0. The van der Waals surface area contributed by atoms with Crippen LogP contribution in [-0.2, 0) is 28.6 Å². The quantitative estimate of drug-likeness (QED) is 0.282. The largest absolute Gasteiger partial charge is 0.424 e. The van der Waals surface area contributed by atoms with Crippen LogP contribution in [-0.4, -0.2) is 29.3 Å². The number of carbonyl (C=O) groups excluding carboxylic acids is 3. The van der Waals surface area contributed by atoms with Crippen LogP contribution in [0.15, 0.2) is 0 Å². The average molecular weight is 223 g/mol. The van der Waals surface area contributed by atoms with Crippen LogP contribution in [0, 0.1) is 0 Å². The molecule has 14 heavy (non-hydrogen) atoms. The van der Waals surface area contributed by atoms with Gasteiger partial charge in [-0.05, 0) is 0 Å². The van der Waals surface area contributed by atoms with Crippen molar-refractivity contribution in [2.75, 3.05) is 0 Å². The van der Waals surface area contributed by atoms with E-state index < -0.39 is 22.8 Å². The second-order valence-corrected chi connectivity index (χ2v) is 3.52. The molecule has 0 aromatic rings. The lowest BCUT2D eigenvalue weighted by Gasteiger charge is -2.35. The predicted octanol–water partition coefficient (Wildman–Crippen LogP) is -0.0694. The van der Waals surface area contributed by atoms with Gasteiger partial charge in [-0.15, -0.1) is 0 Å². The van der Waals surface area contributed by atoms with Crippen LogP contribution < -0.4 is 0 Å². The third-order valence-electron chi connectivity index (χ3n) is 1.41. The molecule has 1 aliphatic heterocycles. The molecule has 0 unspecified atom stereocenters. The number of hydrogen-bond donors (Lipinski definition) is 0. The highest BCUT2D eigenvalue weighted by molar-refractivity contribution is 6.44. The molecule has 0 aliphatic carbocycles.